The molecular formula is C105H70N4. The molecule has 0 N–H and O–H groups in total. The molecule has 0 aliphatic heterocycles. The van der Waals surface area contributed by atoms with Crippen molar-refractivity contribution in [3.63, 3.8) is 0 Å². The van der Waals surface area contributed by atoms with Gasteiger partial charge in [0.05, 0.1) is 5.41 Å². The van der Waals surface area contributed by atoms with E-state index in [9.17, 15) is 0 Å². The van der Waals surface area contributed by atoms with Crippen LogP contribution < -0.4 is 19.6 Å². The van der Waals surface area contributed by atoms with Gasteiger partial charge < -0.3 is 19.6 Å². The molecule has 21 rings (SSSR count). The summed E-state index contributed by atoms with van der Waals surface area (Å²) in [6, 6.07) is 159. The van der Waals surface area contributed by atoms with Gasteiger partial charge in [-0.25, -0.2) is 0 Å². The third kappa shape index (κ3) is 11.0. The Bertz CT molecular complexity index is 5910. The molecule has 4 nitrogen and oxygen atoms in total. The van der Waals surface area contributed by atoms with Gasteiger partial charge in [-0.1, -0.05) is 291 Å². The fourth-order valence-electron chi connectivity index (χ4n) is 17.5. The van der Waals surface area contributed by atoms with Crippen LogP contribution >= 0.6 is 0 Å². The second kappa shape index (κ2) is 26.1. The van der Waals surface area contributed by atoms with Crippen molar-refractivity contribution in [1.29, 1.82) is 0 Å². The van der Waals surface area contributed by atoms with Crippen LogP contribution in [0.1, 0.15) is 22.3 Å². The van der Waals surface area contributed by atoms with Gasteiger partial charge in [-0.3, -0.25) is 0 Å². The van der Waals surface area contributed by atoms with E-state index in [-0.39, 0.29) is 0 Å². The van der Waals surface area contributed by atoms with Crippen molar-refractivity contribution in [1.82, 2.24) is 0 Å². The SMILES string of the molecule is c1ccc2c(c1)-c1ccccc1C2(c1cc(N(c2ccc3ccccc3c2)c2ccc3ccccc3c2)cc(N(c2ccc3ccccc3c2)c2ccc3ccccc3c2)c1)c1cc(N(c2ccc3ccccc3c2)c2ccc3ccccc3c2)cc(N(c2ccc3ccccc3c2)c2ccc3ccccc3c2)c1. The maximum atomic E-state index is 2.53. The lowest BCUT2D eigenvalue weighted by Gasteiger charge is -2.39. The molecule has 0 amide bonds. The zero-order valence-electron chi connectivity index (χ0n) is 59.7. The Balaban J connectivity index is 0.928. The number of rotatable bonds is 14. The molecule has 0 saturated carbocycles. The molecule has 20 aromatic rings. The van der Waals surface area contributed by atoms with Gasteiger partial charge in [-0.15, -0.1) is 0 Å². The van der Waals surface area contributed by atoms with Crippen LogP contribution in [-0.2, 0) is 5.41 Å². The minimum absolute atomic E-state index is 0.991. The van der Waals surface area contributed by atoms with Crippen LogP contribution in [0.3, 0.4) is 0 Å². The minimum Gasteiger partial charge on any atom is -0.310 e. The molecule has 109 heavy (non-hydrogen) atoms. The Hall–Kier alpha value is -14.3. The number of hydrogen-bond acceptors (Lipinski definition) is 4. The van der Waals surface area contributed by atoms with Crippen molar-refractivity contribution in [2.75, 3.05) is 19.6 Å². The van der Waals surface area contributed by atoms with Crippen LogP contribution in [0.5, 0.6) is 0 Å². The third-order valence-corrected chi connectivity index (χ3v) is 22.6. The summed E-state index contributed by atoms with van der Waals surface area (Å²) < 4.78 is 0. The maximum absolute atomic E-state index is 2.53. The Morgan fingerprint density at radius 1 is 0.128 bits per heavy atom. The highest BCUT2D eigenvalue weighted by Crippen LogP contribution is 2.60. The lowest BCUT2D eigenvalue weighted by molar-refractivity contribution is 0.768. The van der Waals surface area contributed by atoms with Crippen molar-refractivity contribution in [3.05, 3.63) is 447 Å². The van der Waals surface area contributed by atoms with Crippen molar-refractivity contribution in [3.8, 4) is 11.1 Å². The van der Waals surface area contributed by atoms with Crippen LogP contribution in [0.2, 0.25) is 0 Å². The van der Waals surface area contributed by atoms with Gasteiger partial charge in [0.25, 0.3) is 0 Å². The van der Waals surface area contributed by atoms with E-state index in [1.165, 1.54) is 65.3 Å². The average Bonchev–Trinajstić information content (AvgIpc) is 1.56. The normalized spacial score (nSPS) is 12.3. The van der Waals surface area contributed by atoms with E-state index in [1.807, 2.05) is 0 Å². The zero-order chi connectivity index (χ0) is 71.9. The highest BCUT2D eigenvalue weighted by molar-refractivity contribution is 6.01. The van der Waals surface area contributed by atoms with Crippen molar-refractivity contribution < 1.29 is 0 Å². The topological polar surface area (TPSA) is 13.0 Å². The second-order valence-electron chi connectivity index (χ2n) is 28.9. The van der Waals surface area contributed by atoms with Gasteiger partial charge in [0.15, 0.2) is 0 Å². The summed E-state index contributed by atoms with van der Waals surface area (Å²) in [6.45, 7) is 0. The zero-order valence-corrected chi connectivity index (χ0v) is 59.7. The Labute approximate surface area is 633 Å². The Morgan fingerprint density at radius 3 is 0.486 bits per heavy atom. The molecule has 0 heterocycles. The van der Waals surface area contributed by atoms with Gasteiger partial charge in [-0.2, -0.15) is 0 Å². The third-order valence-electron chi connectivity index (χ3n) is 22.6. The second-order valence-corrected chi connectivity index (χ2v) is 28.9. The molecule has 0 bridgehead atoms. The van der Waals surface area contributed by atoms with Crippen LogP contribution in [0.15, 0.2) is 425 Å². The fraction of sp³-hybridized carbons (Fsp3) is 0.00952. The fourth-order valence-corrected chi connectivity index (χ4v) is 17.5. The highest BCUT2D eigenvalue weighted by Gasteiger charge is 2.48. The van der Waals surface area contributed by atoms with Crippen LogP contribution in [0.25, 0.3) is 97.3 Å². The minimum atomic E-state index is -1.06. The number of fused-ring (bicyclic) bond motifs is 11. The average molecular weight is 1390 g/mol. The molecule has 0 atom stereocenters. The molecule has 1 aliphatic rings. The largest absolute Gasteiger partial charge is 0.310 e. The predicted octanol–water partition coefficient (Wildman–Crippen LogP) is 29.2. The summed E-state index contributed by atoms with van der Waals surface area (Å²) in [5.41, 5.74) is 18.1. The molecule has 1 aliphatic carbocycles. The number of anilines is 12. The van der Waals surface area contributed by atoms with Gasteiger partial charge >= 0.3 is 0 Å². The van der Waals surface area contributed by atoms with Crippen molar-refractivity contribution in [2.24, 2.45) is 0 Å². The summed E-state index contributed by atoms with van der Waals surface area (Å²) >= 11 is 0. The first-order chi connectivity index (χ1) is 53.9. The number of hydrogen-bond donors (Lipinski definition) is 0. The first-order valence-corrected chi connectivity index (χ1v) is 37.6. The van der Waals surface area contributed by atoms with Crippen molar-refractivity contribution >= 4 is 154 Å². The highest BCUT2D eigenvalue weighted by atomic mass is 15.2. The lowest BCUT2D eigenvalue weighted by atomic mass is 9.67. The Morgan fingerprint density at radius 2 is 0.294 bits per heavy atom. The quantitative estimate of drug-likeness (QED) is 0.108. The summed E-state index contributed by atoms with van der Waals surface area (Å²) in [4.78, 5) is 10.0. The van der Waals surface area contributed by atoms with E-state index in [0.717, 1.165) is 122 Å². The van der Waals surface area contributed by atoms with E-state index in [2.05, 4.69) is 444 Å². The van der Waals surface area contributed by atoms with E-state index in [4.69, 9.17) is 0 Å². The van der Waals surface area contributed by atoms with E-state index in [1.54, 1.807) is 0 Å². The molecular weight excluding hydrogens is 1320 g/mol. The number of benzene rings is 20. The predicted molar refractivity (Wildman–Crippen MR) is 463 cm³/mol. The molecule has 0 radical (unpaired) electrons. The van der Waals surface area contributed by atoms with Crippen LogP contribution in [0.4, 0.5) is 68.2 Å². The smallest absolute Gasteiger partial charge is 0.0716 e. The molecule has 4 heteroatoms. The van der Waals surface area contributed by atoms with Crippen LogP contribution in [0, 0.1) is 0 Å². The summed E-state index contributed by atoms with van der Waals surface area (Å²) in [7, 11) is 0. The molecule has 0 fully saturated rings. The van der Waals surface area contributed by atoms with Gasteiger partial charge in [0, 0.05) is 68.2 Å². The van der Waals surface area contributed by atoms with E-state index in [0.29, 0.717) is 0 Å². The van der Waals surface area contributed by atoms with Crippen molar-refractivity contribution in [2.45, 2.75) is 5.41 Å². The summed E-state index contributed by atoms with van der Waals surface area (Å²) in [5.74, 6) is 0. The van der Waals surface area contributed by atoms with E-state index < -0.39 is 5.41 Å². The van der Waals surface area contributed by atoms with Gasteiger partial charge in [-0.05, 0) is 253 Å². The standard InChI is InChI=1S/C105H70N4/c1-9-29-79-57-89(49-41-71(79)21-1)106(90-50-42-72-22-2-10-30-80(72)58-90)97-65-87(66-98(69-97)107(91-51-43-73-23-3-11-31-81(73)59-91)92-52-44-74-24-4-12-32-82(74)60-92)105(103-39-19-17-37-101(103)102-38-18-20-40-104(102)105)88-67-99(108(93-53-45-75-25-5-13-33-83(75)61-93)94-54-46-76-26-6-14-34-84(76)62-94)70-100(68-88)109(95-55-47-77-27-7-15-35-85(77)63-95)96-56-48-78-28-8-16-36-86(78)64-96/h1-70H. The number of nitrogens with zero attached hydrogens (tertiary/aromatic N) is 4. The molecule has 0 aromatic heterocycles. The van der Waals surface area contributed by atoms with E-state index >= 15 is 0 Å². The molecule has 0 spiro atoms. The molecule has 0 unspecified atom stereocenters. The summed E-state index contributed by atoms with van der Waals surface area (Å²) in [5, 5.41) is 18.6. The summed E-state index contributed by atoms with van der Waals surface area (Å²) in [6.07, 6.45) is 0. The molecule has 0 saturated heterocycles. The van der Waals surface area contributed by atoms with Gasteiger partial charge in [0.2, 0.25) is 0 Å². The van der Waals surface area contributed by atoms with Crippen LogP contribution in [-0.4, -0.2) is 0 Å². The maximum Gasteiger partial charge on any atom is 0.0716 e. The molecule has 510 valence electrons. The molecule has 20 aromatic carbocycles. The van der Waals surface area contributed by atoms with Gasteiger partial charge in [0.1, 0.15) is 0 Å². The first kappa shape index (κ1) is 63.2. The Kier molecular flexibility index (Phi) is 15.1. The lowest BCUT2D eigenvalue weighted by Crippen LogP contribution is -2.30. The monoisotopic (exact) mass is 1390 g/mol. The first-order valence-electron chi connectivity index (χ1n) is 37.6.